The fraction of sp³-hybridized carbons (Fsp3) is 0.0952. The molecule has 0 aliphatic rings. The average molecular weight is 453 g/mol. The van der Waals surface area contributed by atoms with E-state index in [1.807, 2.05) is 54.6 Å². The predicted octanol–water partition coefficient (Wildman–Crippen LogP) is 5.39. The average Bonchev–Trinajstić information content (AvgIpc) is 3.17. The predicted molar refractivity (Wildman–Crippen MR) is 115 cm³/mol. The van der Waals surface area contributed by atoms with Crippen LogP contribution in [-0.2, 0) is 5.75 Å². The van der Waals surface area contributed by atoms with E-state index in [2.05, 4.69) is 41.7 Å². The number of halogens is 1. The van der Waals surface area contributed by atoms with E-state index in [4.69, 9.17) is 4.74 Å². The quantitative estimate of drug-likeness (QED) is 0.367. The molecule has 2 aromatic carbocycles. The van der Waals surface area contributed by atoms with Crippen LogP contribution in [0.3, 0.4) is 0 Å². The zero-order valence-corrected chi connectivity index (χ0v) is 17.5. The van der Waals surface area contributed by atoms with Gasteiger partial charge in [-0.2, -0.15) is 0 Å². The van der Waals surface area contributed by atoms with Crippen LogP contribution in [0.5, 0.6) is 5.75 Å². The summed E-state index contributed by atoms with van der Waals surface area (Å²) in [4.78, 5) is 4.22. The van der Waals surface area contributed by atoms with Gasteiger partial charge in [0.15, 0.2) is 11.0 Å². The van der Waals surface area contributed by atoms with Gasteiger partial charge in [0.25, 0.3) is 0 Å². The summed E-state index contributed by atoms with van der Waals surface area (Å²) in [5.74, 6) is 2.38. The van der Waals surface area contributed by atoms with Gasteiger partial charge in [0.1, 0.15) is 5.75 Å². The summed E-state index contributed by atoms with van der Waals surface area (Å²) in [5, 5.41) is 9.72. The molecule has 28 heavy (non-hydrogen) atoms. The van der Waals surface area contributed by atoms with Gasteiger partial charge in [0, 0.05) is 33.9 Å². The number of hydrogen-bond acceptors (Lipinski definition) is 5. The Kier molecular flexibility index (Phi) is 5.73. The number of methoxy groups -OCH3 is 1. The molecule has 0 aliphatic heterocycles. The number of ether oxygens (including phenoxy) is 1. The van der Waals surface area contributed by atoms with E-state index in [1.54, 1.807) is 31.3 Å². The van der Waals surface area contributed by atoms with E-state index in [9.17, 15) is 0 Å². The lowest BCUT2D eigenvalue weighted by Crippen LogP contribution is -2.00. The van der Waals surface area contributed by atoms with Gasteiger partial charge < -0.3 is 4.74 Å². The molecule has 4 aromatic rings. The first-order valence-electron chi connectivity index (χ1n) is 8.62. The van der Waals surface area contributed by atoms with Gasteiger partial charge in [-0.15, -0.1) is 10.2 Å². The first-order chi connectivity index (χ1) is 13.7. The lowest BCUT2D eigenvalue weighted by Gasteiger charge is -2.11. The van der Waals surface area contributed by atoms with Gasteiger partial charge in [-0.05, 0) is 54.1 Å². The highest BCUT2D eigenvalue weighted by atomic mass is 79.9. The summed E-state index contributed by atoms with van der Waals surface area (Å²) in [6.45, 7) is 0. The van der Waals surface area contributed by atoms with Crippen LogP contribution in [0, 0.1) is 0 Å². The van der Waals surface area contributed by atoms with Crippen molar-refractivity contribution in [3.05, 3.63) is 83.1 Å². The van der Waals surface area contributed by atoms with E-state index in [1.165, 1.54) is 0 Å². The number of pyridine rings is 1. The summed E-state index contributed by atoms with van der Waals surface area (Å²) >= 11 is 5.13. The van der Waals surface area contributed by atoms with E-state index < -0.39 is 0 Å². The molecule has 0 amide bonds. The summed E-state index contributed by atoms with van der Waals surface area (Å²) in [6.07, 6.45) is 3.55. The van der Waals surface area contributed by atoms with Crippen LogP contribution in [-0.4, -0.2) is 26.9 Å². The summed E-state index contributed by atoms with van der Waals surface area (Å²) < 4.78 is 8.41. The smallest absolute Gasteiger partial charge is 0.196 e. The number of nitrogens with zero attached hydrogens (tertiary/aromatic N) is 4. The lowest BCUT2D eigenvalue weighted by atomic mass is 10.2. The Morgan fingerprint density at radius 2 is 1.89 bits per heavy atom. The molecule has 0 atom stereocenters. The number of rotatable bonds is 6. The van der Waals surface area contributed by atoms with Crippen LogP contribution < -0.4 is 4.74 Å². The van der Waals surface area contributed by atoms with Gasteiger partial charge >= 0.3 is 0 Å². The Balaban J connectivity index is 1.70. The number of aromatic nitrogens is 4. The SMILES string of the molecule is COc1cccc(CSc2nnc(-c3cccnc3)n2-c2ccc(Br)cc2)c1. The summed E-state index contributed by atoms with van der Waals surface area (Å²) in [5.41, 5.74) is 3.09. The molecule has 0 N–H and O–H groups in total. The van der Waals surface area contributed by atoms with E-state index >= 15 is 0 Å². The van der Waals surface area contributed by atoms with Crippen molar-refractivity contribution in [2.75, 3.05) is 7.11 Å². The Bertz CT molecular complexity index is 1070. The minimum Gasteiger partial charge on any atom is -0.497 e. The maximum Gasteiger partial charge on any atom is 0.196 e. The largest absolute Gasteiger partial charge is 0.497 e. The third kappa shape index (κ3) is 4.10. The van der Waals surface area contributed by atoms with Crippen molar-refractivity contribution in [3.8, 4) is 22.8 Å². The molecule has 7 heteroatoms. The van der Waals surface area contributed by atoms with Crippen molar-refractivity contribution < 1.29 is 4.74 Å². The summed E-state index contributed by atoms with van der Waals surface area (Å²) in [7, 11) is 1.68. The Morgan fingerprint density at radius 1 is 1.04 bits per heavy atom. The molecule has 0 saturated carbocycles. The molecule has 0 aliphatic carbocycles. The van der Waals surface area contributed by atoms with Crippen LogP contribution in [0.1, 0.15) is 5.56 Å². The van der Waals surface area contributed by atoms with Crippen molar-refractivity contribution in [1.29, 1.82) is 0 Å². The second kappa shape index (κ2) is 8.58. The highest BCUT2D eigenvalue weighted by Crippen LogP contribution is 2.30. The molecule has 140 valence electrons. The van der Waals surface area contributed by atoms with Crippen molar-refractivity contribution in [2.24, 2.45) is 0 Å². The lowest BCUT2D eigenvalue weighted by molar-refractivity contribution is 0.414. The second-order valence-electron chi connectivity index (χ2n) is 6.00. The van der Waals surface area contributed by atoms with Crippen LogP contribution in [0.2, 0.25) is 0 Å². The molecule has 4 rings (SSSR count). The topological polar surface area (TPSA) is 52.8 Å². The zero-order valence-electron chi connectivity index (χ0n) is 15.1. The second-order valence-corrected chi connectivity index (χ2v) is 7.86. The number of benzene rings is 2. The van der Waals surface area contributed by atoms with Gasteiger partial charge in [-0.3, -0.25) is 9.55 Å². The highest BCUT2D eigenvalue weighted by Gasteiger charge is 2.16. The molecule has 0 saturated heterocycles. The fourth-order valence-corrected chi connectivity index (χ4v) is 3.94. The maximum atomic E-state index is 5.32. The third-order valence-corrected chi connectivity index (χ3v) is 5.67. The van der Waals surface area contributed by atoms with E-state index in [0.29, 0.717) is 0 Å². The first kappa shape index (κ1) is 18.7. The Hall–Kier alpha value is -2.64. The van der Waals surface area contributed by atoms with Crippen molar-refractivity contribution >= 4 is 27.7 Å². The van der Waals surface area contributed by atoms with E-state index in [0.717, 1.165) is 43.8 Å². The minimum absolute atomic E-state index is 0.763. The fourth-order valence-electron chi connectivity index (χ4n) is 2.78. The third-order valence-electron chi connectivity index (χ3n) is 4.14. The molecule has 5 nitrogen and oxygen atoms in total. The maximum absolute atomic E-state index is 5.32. The normalized spacial score (nSPS) is 10.8. The van der Waals surface area contributed by atoms with E-state index in [-0.39, 0.29) is 0 Å². The van der Waals surface area contributed by atoms with Crippen LogP contribution in [0.15, 0.2) is 82.7 Å². The minimum atomic E-state index is 0.763. The standard InChI is InChI=1S/C21H17BrN4OS/c1-27-19-6-2-4-15(12-19)14-28-21-25-24-20(16-5-3-11-23-13-16)26(21)18-9-7-17(22)8-10-18/h2-13H,14H2,1H3. The van der Waals surface area contributed by atoms with Crippen LogP contribution >= 0.6 is 27.7 Å². The Labute approximate surface area is 175 Å². The summed E-state index contributed by atoms with van der Waals surface area (Å²) in [6, 6.07) is 20.1. The molecule has 0 fully saturated rings. The Morgan fingerprint density at radius 3 is 2.64 bits per heavy atom. The monoisotopic (exact) mass is 452 g/mol. The molecule has 2 heterocycles. The molecule has 2 aromatic heterocycles. The molecule has 0 bridgehead atoms. The van der Waals surface area contributed by atoms with Gasteiger partial charge in [0.05, 0.1) is 7.11 Å². The van der Waals surface area contributed by atoms with Gasteiger partial charge in [-0.25, -0.2) is 0 Å². The zero-order chi connectivity index (χ0) is 19.3. The molecular formula is C21H17BrN4OS. The van der Waals surface area contributed by atoms with Crippen molar-refractivity contribution in [3.63, 3.8) is 0 Å². The van der Waals surface area contributed by atoms with Crippen LogP contribution in [0.4, 0.5) is 0 Å². The van der Waals surface area contributed by atoms with Crippen molar-refractivity contribution in [2.45, 2.75) is 10.9 Å². The van der Waals surface area contributed by atoms with Gasteiger partial charge in [0.2, 0.25) is 0 Å². The molecule has 0 radical (unpaired) electrons. The highest BCUT2D eigenvalue weighted by molar-refractivity contribution is 9.10. The molecular weight excluding hydrogens is 436 g/mol. The van der Waals surface area contributed by atoms with Crippen LogP contribution in [0.25, 0.3) is 17.1 Å². The number of thioether (sulfide) groups is 1. The molecule has 0 spiro atoms. The van der Waals surface area contributed by atoms with Crippen molar-refractivity contribution in [1.82, 2.24) is 19.7 Å². The number of hydrogen-bond donors (Lipinski definition) is 0. The first-order valence-corrected chi connectivity index (χ1v) is 10.4. The van der Waals surface area contributed by atoms with Gasteiger partial charge in [-0.1, -0.05) is 39.8 Å². The molecule has 0 unspecified atom stereocenters.